The molecule has 0 unspecified atom stereocenters. The van der Waals surface area contributed by atoms with Crippen LogP contribution in [0.5, 0.6) is 0 Å². The number of aromatic nitrogens is 2. The van der Waals surface area contributed by atoms with E-state index in [0.717, 1.165) is 44.5 Å². The molecule has 1 atom stereocenters. The SMILES string of the molecule is CCc1cc(C(=O)N2CCC[C@H](Cc3cccnc3)C2)on1. The Kier molecular flexibility index (Phi) is 4.51. The maximum atomic E-state index is 12.5. The van der Waals surface area contributed by atoms with Gasteiger partial charge in [0.05, 0.1) is 5.69 Å². The van der Waals surface area contributed by atoms with E-state index in [4.69, 9.17) is 4.52 Å². The molecule has 5 nitrogen and oxygen atoms in total. The highest BCUT2D eigenvalue weighted by Crippen LogP contribution is 2.22. The summed E-state index contributed by atoms with van der Waals surface area (Å²) in [5.74, 6) is 0.803. The molecule has 2 aromatic heterocycles. The Balaban J connectivity index is 1.63. The fourth-order valence-electron chi connectivity index (χ4n) is 3.00. The topological polar surface area (TPSA) is 59.2 Å². The van der Waals surface area contributed by atoms with Crippen LogP contribution in [-0.2, 0) is 12.8 Å². The number of carbonyl (C=O) groups excluding carboxylic acids is 1. The second-order valence-electron chi connectivity index (χ2n) is 5.86. The van der Waals surface area contributed by atoms with Crippen molar-refractivity contribution in [3.63, 3.8) is 0 Å². The second kappa shape index (κ2) is 6.73. The number of pyridine rings is 1. The van der Waals surface area contributed by atoms with Crippen molar-refractivity contribution in [2.45, 2.75) is 32.6 Å². The molecule has 116 valence electrons. The van der Waals surface area contributed by atoms with E-state index in [1.54, 1.807) is 12.3 Å². The predicted octanol–water partition coefficient (Wildman–Crippen LogP) is 2.73. The molecule has 0 N–H and O–H groups in total. The van der Waals surface area contributed by atoms with Gasteiger partial charge < -0.3 is 9.42 Å². The Morgan fingerprint density at radius 2 is 2.41 bits per heavy atom. The van der Waals surface area contributed by atoms with Crippen LogP contribution in [0.2, 0.25) is 0 Å². The Morgan fingerprint density at radius 1 is 1.50 bits per heavy atom. The van der Waals surface area contributed by atoms with Gasteiger partial charge in [-0.3, -0.25) is 9.78 Å². The molecule has 2 aromatic rings. The fourth-order valence-corrected chi connectivity index (χ4v) is 3.00. The Bertz CT molecular complexity index is 624. The summed E-state index contributed by atoms with van der Waals surface area (Å²) in [5.41, 5.74) is 2.06. The Morgan fingerprint density at radius 3 is 3.14 bits per heavy atom. The van der Waals surface area contributed by atoms with E-state index >= 15 is 0 Å². The van der Waals surface area contributed by atoms with Gasteiger partial charge in [0.25, 0.3) is 5.91 Å². The first-order valence-electron chi connectivity index (χ1n) is 7.90. The third-order valence-electron chi connectivity index (χ3n) is 4.19. The standard InChI is InChI=1S/C17H21N3O2/c1-2-15-10-16(22-19-15)17(21)20-8-4-6-14(12-20)9-13-5-3-7-18-11-13/h3,5,7,10-11,14H,2,4,6,8-9,12H2,1H3/t14-/m1/s1. The number of piperidine rings is 1. The Labute approximate surface area is 130 Å². The molecule has 22 heavy (non-hydrogen) atoms. The smallest absolute Gasteiger partial charge is 0.292 e. The molecular weight excluding hydrogens is 278 g/mol. The van der Waals surface area contributed by atoms with Gasteiger partial charge in [0.15, 0.2) is 0 Å². The summed E-state index contributed by atoms with van der Waals surface area (Å²) in [6.45, 7) is 3.57. The largest absolute Gasteiger partial charge is 0.351 e. The molecule has 1 fully saturated rings. The van der Waals surface area contributed by atoms with Gasteiger partial charge in [0, 0.05) is 31.5 Å². The van der Waals surface area contributed by atoms with Crippen LogP contribution in [0.15, 0.2) is 35.1 Å². The average molecular weight is 299 g/mol. The van der Waals surface area contributed by atoms with Crippen LogP contribution < -0.4 is 0 Å². The highest BCUT2D eigenvalue weighted by molar-refractivity contribution is 5.91. The highest BCUT2D eigenvalue weighted by atomic mass is 16.5. The lowest BCUT2D eigenvalue weighted by Crippen LogP contribution is -2.40. The zero-order chi connectivity index (χ0) is 15.4. The number of rotatable bonds is 4. The van der Waals surface area contributed by atoms with Crippen molar-refractivity contribution in [2.75, 3.05) is 13.1 Å². The molecule has 1 aliphatic rings. The van der Waals surface area contributed by atoms with Crippen molar-refractivity contribution >= 4 is 5.91 Å². The fraction of sp³-hybridized carbons (Fsp3) is 0.471. The van der Waals surface area contributed by atoms with Gasteiger partial charge in [0.1, 0.15) is 0 Å². The van der Waals surface area contributed by atoms with Gasteiger partial charge in [-0.05, 0) is 43.2 Å². The van der Waals surface area contributed by atoms with E-state index in [0.29, 0.717) is 11.7 Å². The zero-order valence-corrected chi connectivity index (χ0v) is 12.9. The minimum atomic E-state index is -0.0388. The van der Waals surface area contributed by atoms with Crippen LogP contribution in [0, 0.1) is 5.92 Å². The molecule has 1 aliphatic heterocycles. The second-order valence-corrected chi connectivity index (χ2v) is 5.86. The van der Waals surface area contributed by atoms with Crippen molar-refractivity contribution in [1.29, 1.82) is 0 Å². The van der Waals surface area contributed by atoms with E-state index in [2.05, 4.69) is 16.2 Å². The van der Waals surface area contributed by atoms with Gasteiger partial charge in [0.2, 0.25) is 5.76 Å². The highest BCUT2D eigenvalue weighted by Gasteiger charge is 2.26. The molecule has 3 heterocycles. The maximum Gasteiger partial charge on any atom is 0.292 e. The lowest BCUT2D eigenvalue weighted by molar-refractivity contribution is 0.0631. The van der Waals surface area contributed by atoms with Crippen LogP contribution in [0.3, 0.4) is 0 Å². The molecule has 0 aromatic carbocycles. The molecule has 3 rings (SSSR count). The van der Waals surface area contributed by atoms with Gasteiger partial charge in [-0.25, -0.2) is 0 Å². The number of hydrogen-bond acceptors (Lipinski definition) is 4. The molecular formula is C17H21N3O2. The quantitative estimate of drug-likeness (QED) is 0.871. The normalized spacial score (nSPS) is 18.4. The molecule has 0 saturated carbocycles. The first-order chi connectivity index (χ1) is 10.8. The zero-order valence-electron chi connectivity index (χ0n) is 12.9. The molecule has 0 spiro atoms. The van der Waals surface area contributed by atoms with Gasteiger partial charge >= 0.3 is 0 Å². The van der Waals surface area contributed by atoms with Gasteiger partial charge in [-0.1, -0.05) is 18.1 Å². The van der Waals surface area contributed by atoms with Crippen LogP contribution in [0.1, 0.15) is 41.6 Å². The summed E-state index contributed by atoms with van der Waals surface area (Å²) in [6, 6.07) is 5.81. The Hall–Kier alpha value is -2.17. The van der Waals surface area contributed by atoms with Crippen molar-refractivity contribution in [3.8, 4) is 0 Å². The van der Waals surface area contributed by atoms with Crippen molar-refractivity contribution in [3.05, 3.63) is 47.6 Å². The molecule has 0 radical (unpaired) electrons. The minimum Gasteiger partial charge on any atom is -0.351 e. The average Bonchev–Trinajstić information content (AvgIpc) is 3.04. The van der Waals surface area contributed by atoms with Crippen molar-refractivity contribution < 1.29 is 9.32 Å². The lowest BCUT2D eigenvalue weighted by atomic mass is 9.92. The number of amides is 1. The number of nitrogens with zero attached hydrogens (tertiary/aromatic N) is 3. The molecule has 1 saturated heterocycles. The number of aryl methyl sites for hydroxylation is 1. The predicted molar refractivity (Wildman–Crippen MR) is 82.4 cm³/mol. The van der Waals surface area contributed by atoms with Gasteiger partial charge in [-0.15, -0.1) is 0 Å². The van der Waals surface area contributed by atoms with Gasteiger partial charge in [-0.2, -0.15) is 0 Å². The lowest BCUT2D eigenvalue weighted by Gasteiger charge is -2.32. The van der Waals surface area contributed by atoms with Crippen LogP contribution in [-0.4, -0.2) is 34.0 Å². The minimum absolute atomic E-state index is 0.0388. The summed E-state index contributed by atoms with van der Waals surface area (Å²) in [5, 5.41) is 3.91. The van der Waals surface area contributed by atoms with Crippen LogP contribution in [0.4, 0.5) is 0 Å². The number of carbonyl (C=O) groups is 1. The third kappa shape index (κ3) is 3.35. The first-order valence-corrected chi connectivity index (χ1v) is 7.90. The van der Waals surface area contributed by atoms with E-state index in [1.165, 1.54) is 5.56 Å². The van der Waals surface area contributed by atoms with Crippen LogP contribution in [0.25, 0.3) is 0 Å². The third-order valence-corrected chi connectivity index (χ3v) is 4.19. The summed E-state index contributed by atoms with van der Waals surface area (Å²) in [6.07, 6.45) is 7.62. The van der Waals surface area contributed by atoms with Crippen LogP contribution >= 0.6 is 0 Å². The summed E-state index contributed by atoms with van der Waals surface area (Å²) < 4.78 is 5.17. The molecule has 5 heteroatoms. The van der Waals surface area contributed by atoms with Crippen molar-refractivity contribution in [1.82, 2.24) is 15.0 Å². The number of likely N-dealkylation sites (tertiary alicyclic amines) is 1. The van der Waals surface area contributed by atoms with E-state index in [9.17, 15) is 4.79 Å². The molecule has 0 bridgehead atoms. The maximum absolute atomic E-state index is 12.5. The summed E-state index contributed by atoms with van der Waals surface area (Å²) in [7, 11) is 0. The first kappa shape index (κ1) is 14.8. The monoisotopic (exact) mass is 299 g/mol. The molecule has 0 aliphatic carbocycles. The van der Waals surface area contributed by atoms with Crippen molar-refractivity contribution in [2.24, 2.45) is 5.92 Å². The summed E-state index contributed by atoms with van der Waals surface area (Å²) in [4.78, 5) is 18.6. The van der Waals surface area contributed by atoms with E-state index in [-0.39, 0.29) is 5.91 Å². The molecule has 1 amide bonds. The van der Waals surface area contributed by atoms with E-state index in [1.807, 2.05) is 24.1 Å². The number of hydrogen-bond donors (Lipinski definition) is 0. The summed E-state index contributed by atoms with van der Waals surface area (Å²) >= 11 is 0. The van der Waals surface area contributed by atoms with E-state index < -0.39 is 0 Å².